The van der Waals surface area contributed by atoms with E-state index in [9.17, 15) is 15.2 Å². The van der Waals surface area contributed by atoms with Gasteiger partial charge in [-0.1, -0.05) is 66.7 Å². The molecule has 6 nitrogen and oxygen atoms in total. The van der Waals surface area contributed by atoms with Crippen molar-refractivity contribution in [2.75, 3.05) is 7.05 Å². The number of hydrogen-bond acceptors (Lipinski definition) is 5. The first-order valence-electron chi connectivity index (χ1n) is 10.4. The van der Waals surface area contributed by atoms with E-state index >= 15 is 0 Å². The third-order valence-electron chi connectivity index (χ3n) is 5.92. The summed E-state index contributed by atoms with van der Waals surface area (Å²) in [6.45, 7) is 0.962. The summed E-state index contributed by atoms with van der Waals surface area (Å²) in [4.78, 5) is 13.6. The lowest BCUT2D eigenvalue weighted by molar-refractivity contribution is -0.386. The average Bonchev–Trinajstić information content (AvgIpc) is 2.78. The molecule has 0 unspecified atom stereocenters. The number of likely N-dealkylation sites (N-methyl/N-ethyl adjacent to an activating group) is 1. The molecule has 0 amide bonds. The Morgan fingerprint density at radius 2 is 1.66 bits per heavy atom. The maximum Gasteiger partial charge on any atom is 0.314 e. The van der Waals surface area contributed by atoms with Crippen LogP contribution in [0, 0.1) is 10.1 Å². The fraction of sp³-hybridized carbons (Fsp3) is 0.280. The molecular formula is C25H27ClN2O4. The highest BCUT2D eigenvalue weighted by Gasteiger charge is 2.36. The first-order chi connectivity index (χ1) is 15.0. The van der Waals surface area contributed by atoms with Crippen LogP contribution in [0.2, 0.25) is 0 Å². The van der Waals surface area contributed by atoms with Gasteiger partial charge in [0.05, 0.1) is 11.0 Å². The van der Waals surface area contributed by atoms with Crippen molar-refractivity contribution in [1.29, 1.82) is 0 Å². The van der Waals surface area contributed by atoms with Gasteiger partial charge < -0.3 is 9.84 Å². The molecule has 168 valence electrons. The molecule has 1 aliphatic rings. The van der Waals surface area contributed by atoms with E-state index in [0.29, 0.717) is 30.5 Å². The first-order valence-corrected chi connectivity index (χ1v) is 10.4. The van der Waals surface area contributed by atoms with E-state index < -0.39 is 6.10 Å². The van der Waals surface area contributed by atoms with Crippen LogP contribution < -0.4 is 4.74 Å². The quantitative estimate of drug-likeness (QED) is 0.398. The Kier molecular flexibility index (Phi) is 7.85. The zero-order valence-electron chi connectivity index (χ0n) is 17.9. The van der Waals surface area contributed by atoms with E-state index in [1.54, 1.807) is 12.1 Å². The van der Waals surface area contributed by atoms with E-state index in [-0.39, 0.29) is 41.4 Å². The Morgan fingerprint density at radius 1 is 1.03 bits per heavy atom. The molecule has 2 atom stereocenters. The first kappa shape index (κ1) is 23.7. The lowest BCUT2D eigenvalue weighted by atomic mass is 9.84. The van der Waals surface area contributed by atoms with E-state index in [2.05, 4.69) is 17.0 Å². The molecule has 0 aromatic heterocycles. The number of nitro groups is 1. The Bertz CT molecular complexity index is 1050. The van der Waals surface area contributed by atoms with Crippen molar-refractivity contribution in [2.45, 2.75) is 38.1 Å². The third kappa shape index (κ3) is 5.10. The molecule has 4 rings (SSSR count). The summed E-state index contributed by atoms with van der Waals surface area (Å²) in [5, 5.41) is 23.0. The molecule has 0 fully saturated rings. The number of aliphatic hydroxyl groups is 1. The summed E-state index contributed by atoms with van der Waals surface area (Å²) < 4.78 is 5.81. The van der Waals surface area contributed by atoms with Gasteiger partial charge in [-0.05, 0) is 42.6 Å². The molecule has 1 N–H and O–H groups in total. The van der Waals surface area contributed by atoms with Crippen molar-refractivity contribution in [2.24, 2.45) is 0 Å². The van der Waals surface area contributed by atoms with Crippen LogP contribution in [-0.2, 0) is 19.6 Å². The van der Waals surface area contributed by atoms with Gasteiger partial charge in [0.2, 0.25) is 0 Å². The van der Waals surface area contributed by atoms with Crippen molar-refractivity contribution in [1.82, 2.24) is 4.90 Å². The minimum atomic E-state index is -0.792. The number of nitro benzene ring substituents is 1. The standard InChI is InChI=1S/C25H26N2O4.ClH/c1-26(16-18-8-4-2-5-9-18)22-14-12-20-21(25(22)28)13-15-23(24(20)27(29)30)31-17-19-10-6-3-7-11-19;/h2-11,13,15,22,25,28H,12,14,16-17H2,1H3;1H/t22-,25+;/m1./s1. The summed E-state index contributed by atoms with van der Waals surface area (Å²) >= 11 is 0. The van der Waals surface area contributed by atoms with Crippen molar-refractivity contribution in [3.8, 4) is 5.75 Å². The number of aliphatic hydroxyl groups excluding tert-OH is 1. The van der Waals surface area contributed by atoms with Crippen LogP contribution >= 0.6 is 12.4 Å². The number of fused-ring (bicyclic) bond motifs is 1. The fourth-order valence-electron chi connectivity index (χ4n) is 4.33. The van der Waals surface area contributed by atoms with Crippen molar-refractivity contribution >= 4 is 18.1 Å². The van der Waals surface area contributed by atoms with Crippen molar-refractivity contribution < 1.29 is 14.8 Å². The molecule has 3 aromatic rings. The summed E-state index contributed by atoms with van der Waals surface area (Å²) in [6, 6.07) is 22.9. The zero-order chi connectivity index (χ0) is 21.8. The summed E-state index contributed by atoms with van der Waals surface area (Å²) in [5.74, 6) is 0.246. The fourth-order valence-corrected chi connectivity index (χ4v) is 4.33. The molecule has 32 heavy (non-hydrogen) atoms. The van der Waals surface area contributed by atoms with E-state index in [1.807, 2.05) is 55.6 Å². The average molecular weight is 455 g/mol. The highest BCUT2D eigenvalue weighted by atomic mass is 35.5. The van der Waals surface area contributed by atoms with Crippen LogP contribution in [0.15, 0.2) is 72.8 Å². The Labute approximate surface area is 194 Å². The molecule has 0 spiro atoms. The zero-order valence-corrected chi connectivity index (χ0v) is 18.7. The molecule has 0 saturated heterocycles. The predicted octanol–water partition coefficient (Wildman–Crippen LogP) is 5.08. The molecular weight excluding hydrogens is 428 g/mol. The second-order valence-electron chi connectivity index (χ2n) is 7.96. The third-order valence-corrected chi connectivity index (χ3v) is 5.92. The molecule has 0 saturated carbocycles. The minimum absolute atomic E-state index is 0. The number of halogens is 1. The number of benzene rings is 3. The lowest BCUT2D eigenvalue weighted by Gasteiger charge is -2.36. The van der Waals surface area contributed by atoms with Crippen LogP contribution in [0.5, 0.6) is 5.75 Å². The second-order valence-corrected chi connectivity index (χ2v) is 7.96. The van der Waals surface area contributed by atoms with Gasteiger partial charge in [0.15, 0.2) is 5.75 Å². The summed E-state index contributed by atoms with van der Waals surface area (Å²) in [7, 11) is 1.98. The predicted molar refractivity (Wildman–Crippen MR) is 126 cm³/mol. The largest absolute Gasteiger partial charge is 0.482 e. The maximum absolute atomic E-state index is 11.9. The molecule has 3 aromatic carbocycles. The van der Waals surface area contributed by atoms with Crippen LogP contribution in [-0.4, -0.2) is 28.0 Å². The SMILES string of the molecule is CN(Cc1ccccc1)[C@@H]1CCc2c(ccc(OCc3ccccc3)c2[N+](=O)[O-])[C@@H]1O.Cl. The maximum atomic E-state index is 11.9. The normalized spacial score (nSPS) is 17.3. The monoisotopic (exact) mass is 454 g/mol. The van der Waals surface area contributed by atoms with Gasteiger partial charge in [0.1, 0.15) is 6.61 Å². The molecule has 0 heterocycles. The van der Waals surface area contributed by atoms with Crippen LogP contribution in [0.25, 0.3) is 0 Å². The molecule has 0 aliphatic heterocycles. The van der Waals surface area contributed by atoms with Gasteiger partial charge in [0, 0.05) is 18.2 Å². The lowest BCUT2D eigenvalue weighted by Crippen LogP contribution is -2.39. The molecule has 0 radical (unpaired) electrons. The Balaban J connectivity index is 0.00000289. The Hall–Kier alpha value is -2.93. The highest BCUT2D eigenvalue weighted by Crippen LogP contribution is 2.42. The molecule has 7 heteroatoms. The van der Waals surface area contributed by atoms with E-state index in [0.717, 1.165) is 5.56 Å². The number of ether oxygens (including phenoxy) is 1. The molecule has 0 bridgehead atoms. The topological polar surface area (TPSA) is 75.8 Å². The smallest absolute Gasteiger partial charge is 0.314 e. The number of nitrogens with zero attached hydrogens (tertiary/aromatic N) is 2. The van der Waals surface area contributed by atoms with E-state index in [1.165, 1.54) is 5.56 Å². The second kappa shape index (κ2) is 10.6. The number of rotatable bonds is 7. The summed E-state index contributed by atoms with van der Waals surface area (Å²) in [6.07, 6.45) is 0.370. The van der Waals surface area contributed by atoms with Crippen molar-refractivity contribution in [3.63, 3.8) is 0 Å². The van der Waals surface area contributed by atoms with Crippen LogP contribution in [0.1, 0.15) is 34.8 Å². The number of hydrogen-bond donors (Lipinski definition) is 1. The molecule has 1 aliphatic carbocycles. The Morgan fingerprint density at radius 3 is 2.28 bits per heavy atom. The highest BCUT2D eigenvalue weighted by molar-refractivity contribution is 5.85. The van der Waals surface area contributed by atoms with Gasteiger partial charge >= 0.3 is 5.69 Å². The van der Waals surface area contributed by atoms with Gasteiger partial charge in [-0.15, -0.1) is 12.4 Å². The van der Waals surface area contributed by atoms with Gasteiger partial charge in [-0.2, -0.15) is 0 Å². The van der Waals surface area contributed by atoms with Crippen molar-refractivity contribution in [3.05, 3.63) is 105 Å². The van der Waals surface area contributed by atoms with Crippen LogP contribution in [0.4, 0.5) is 5.69 Å². The summed E-state index contributed by atoms with van der Waals surface area (Å²) in [5.41, 5.74) is 3.27. The van der Waals surface area contributed by atoms with Crippen LogP contribution in [0.3, 0.4) is 0 Å². The van der Waals surface area contributed by atoms with E-state index in [4.69, 9.17) is 4.74 Å². The minimum Gasteiger partial charge on any atom is -0.482 e. The van der Waals surface area contributed by atoms with Gasteiger partial charge in [-0.3, -0.25) is 15.0 Å². The van der Waals surface area contributed by atoms with Gasteiger partial charge in [-0.25, -0.2) is 0 Å². The van der Waals surface area contributed by atoms with Gasteiger partial charge in [0.25, 0.3) is 0 Å².